The molecule has 3 heteroatoms. The second-order valence-electron chi connectivity index (χ2n) is 4.70. The van der Waals surface area contributed by atoms with Gasteiger partial charge in [0.05, 0.1) is 0 Å². The van der Waals surface area contributed by atoms with Crippen LogP contribution in [0.4, 0.5) is 5.69 Å². The molecule has 2 aromatic carbocycles. The fraction of sp³-hybridized carbons (Fsp3) is 0.188. The Morgan fingerprint density at radius 1 is 1.11 bits per heavy atom. The number of hydrogen-bond acceptors (Lipinski definition) is 2. The third kappa shape index (κ3) is 3.58. The maximum atomic E-state index is 12.1. The zero-order chi connectivity index (χ0) is 13.8. The highest BCUT2D eigenvalue weighted by Gasteiger charge is 2.12. The average Bonchev–Trinajstić information content (AvgIpc) is 2.40. The number of benzene rings is 2. The van der Waals surface area contributed by atoms with Crippen LogP contribution in [0, 0.1) is 0 Å². The van der Waals surface area contributed by atoms with Gasteiger partial charge in [-0.3, -0.25) is 4.79 Å². The zero-order valence-corrected chi connectivity index (χ0v) is 11.5. The standard InChI is InChI=1S/C16H16ClNO/c1-11(12-4-8-15(18)9-5-12)10-16(19)13-2-6-14(17)7-3-13/h2-9,11H,10,18H2,1H3. The summed E-state index contributed by atoms with van der Waals surface area (Å²) < 4.78 is 0. The third-order valence-electron chi connectivity index (χ3n) is 3.16. The summed E-state index contributed by atoms with van der Waals surface area (Å²) in [7, 11) is 0. The van der Waals surface area contributed by atoms with Crippen molar-refractivity contribution < 1.29 is 4.79 Å². The monoisotopic (exact) mass is 273 g/mol. The molecule has 0 fully saturated rings. The van der Waals surface area contributed by atoms with Crippen molar-refractivity contribution >= 4 is 23.1 Å². The number of nitrogens with two attached hydrogens (primary N) is 1. The third-order valence-corrected chi connectivity index (χ3v) is 3.42. The maximum Gasteiger partial charge on any atom is 0.163 e. The van der Waals surface area contributed by atoms with Crippen molar-refractivity contribution in [1.82, 2.24) is 0 Å². The second kappa shape index (κ2) is 5.89. The van der Waals surface area contributed by atoms with Gasteiger partial charge in [0, 0.05) is 22.7 Å². The summed E-state index contributed by atoms with van der Waals surface area (Å²) in [5.74, 6) is 0.296. The molecule has 0 spiro atoms. The molecule has 0 saturated heterocycles. The lowest BCUT2D eigenvalue weighted by Crippen LogP contribution is -2.05. The molecule has 2 nitrogen and oxygen atoms in total. The smallest absolute Gasteiger partial charge is 0.163 e. The lowest BCUT2D eigenvalue weighted by Gasteiger charge is -2.11. The van der Waals surface area contributed by atoms with Crippen LogP contribution >= 0.6 is 11.6 Å². The summed E-state index contributed by atoms with van der Waals surface area (Å²) in [4.78, 5) is 12.1. The van der Waals surface area contributed by atoms with Crippen molar-refractivity contribution in [2.75, 3.05) is 5.73 Å². The first-order chi connectivity index (χ1) is 9.06. The minimum atomic E-state index is 0.126. The Labute approximate surface area is 118 Å². The largest absolute Gasteiger partial charge is 0.399 e. The van der Waals surface area contributed by atoms with Crippen molar-refractivity contribution in [3.63, 3.8) is 0 Å². The fourth-order valence-electron chi connectivity index (χ4n) is 1.97. The Morgan fingerprint density at radius 2 is 1.68 bits per heavy atom. The number of Topliss-reactive ketones (excluding diaryl/α,β-unsaturated/α-hetero) is 1. The molecule has 0 radical (unpaired) electrons. The number of carbonyl (C=O) groups is 1. The number of halogens is 1. The Bertz CT molecular complexity index is 560. The van der Waals surface area contributed by atoms with E-state index >= 15 is 0 Å². The molecule has 0 bridgehead atoms. The van der Waals surface area contributed by atoms with Crippen molar-refractivity contribution in [1.29, 1.82) is 0 Å². The van der Waals surface area contributed by atoms with Crippen LogP contribution in [0.1, 0.15) is 35.2 Å². The van der Waals surface area contributed by atoms with Crippen LogP contribution in [0.2, 0.25) is 5.02 Å². The summed E-state index contributed by atoms with van der Waals surface area (Å²) >= 11 is 5.81. The molecule has 0 heterocycles. The summed E-state index contributed by atoms with van der Waals surface area (Å²) in [6.07, 6.45) is 0.478. The van der Waals surface area contributed by atoms with Crippen LogP contribution in [0.5, 0.6) is 0 Å². The van der Waals surface area contributed by atoms with Gasteiger partial charge in [0.2, 0.25) is 0 Å². The van der Waals surface area contributed by atoms with Gasteiger partial charge in [-0.1, -0.05) is 30.7 Å². The summed E-state index contributed by atoms with van der Waals surface area (Å²) in [6.45, 7) is 2.04. The molecule has 2 rings (SSSR count). The minimum absolute atomic E-state index is 0.126. The van der Waals surface area contributed by atoms with Gasteiger partial charge in [-0.15, -0.1) is 0 Å². The van der Waals surface area contributed by atoms with Crippen molar-refractivity contribution in [3.8, 4) is 0 Å². The van der Waals surface area contributed by atoms with Crippen LogP contribution in [0.25, 0.3) is 0 Å². The molecule has 19 heavy (non-hydrogen) atoms. The molecule has 1 unspecified atom stereocenters. The predicted molar refractivity (Wildman–Crippen MR) is 79.7 cm³/mol. The Balaban J connectivity index is 2.06. The summed E-state index contributed by atoms with van der Waals surface area (Å²) in [5, 5.41) is 0.642. The van der Waals surface area contributed by atoms with Gasteiger partial charge in [-0.2, -0.15) is 0 Å². The van der Waals surface area contributed by atoms with Crippen molar-refractivity contribution in [2.24, 2.45) is 0 Å². The van der Waals surface area contributed by atoms with Gasteiger partial charge in [0.25, 0.3) is 0 Å². The highest BCUT2D eigenvalue weighted by Crippen LogP contribution is 2.22. The Morgan fingerprint density at radius 3 is 2.26 bits per heavy atom. The molecule has 0 aromatic heterocycles. The molecule has 2 N–H and O–H groups in total. The highest BCUT2D eigenvalue weighted by molar-refractivity contribution is 6.30. The molecule has 1 atom stereocenters. The van der Waals surface area contributed by atoms with E-state index in [1.807, 2.05) is 31.2 Å². The molecular weight excluding hydrogens is 258 g/mol. The molecule has 0 saturated carbocycles. The van der Waals surface area contributed by atoms with Gasteiger partial charge in [-0.05, 0) is 47.9 Å². The number of carbonyl (C=O) groups excluding carboxylic acids is 1. The quantitative estimate of drug-likeness (QED) is 0.667. The van der Waals surface area contributed by atoms with Gasteiger partial charge < -0.3 is 5.73 Å². The number of ketones is 1. The van der Waals surface area contributed by atoms with Crippen molar-refractivity contribution in [2.45, 2.75) is 19.3 Å². The molecule has 98 valence electrons. The molecule has 0 aliphatic heterocycles. The molecule has 0 aliphatic carbocycles. The van der Waals surface area contributed by atoms with Crippen LogP contribution in [0.15, 0.2) is 48.5 Å². The summed E-state index contributed by atoms with van der Waals surface area (Å²) in [5.41, 5.74) is 8.21. The second-order valence-corrected chi connectivity index (χ2v) is 5.14. The van der Waals surface area contributed by atoms with E-state index in [9.17, 15) is 4.79 Å². The molecular formula is C16H16ClNO. The van der Waals surface area contributed by atoms with E-state index < -0.39 is 0 Å². The average molecular weight is 274 g/mol. The molecule has 0 aliphatic rings. The van der Waals surface area contributed by atoms with Gasteiger partial charge in [-0.25, -0.2) is 0 Å². The molecule has 2 aromatic rings. The summed E-state index contributed by atoms with van der Waals surface area (Å²) in [6, 6.07) is 14.7. The van der Waals surface area contributed by atoms with Crippen molar-refractivity contribution in [3.05, 3.63) is 64.7 Å². The van der Waals surface area contributed by atoms with E-state index in [-0.39, 0.29) is 11.7 Å². The first kappa shape index (κ1) is 13.6. The number of nitrogen functional groups attached to an aromatic ring is 1. The fourth-order valence-corrected chi connectivity index (χ4v) is 2.10. The first-order valence-corrected chi connectivity index (χ1v) is 6.58. The lowest BCUT2D eigenvalue weighted by atomic mass is 9.93. The highest BCUT2D eigenvalue weighted by atomic mass is 35.5. The minimum Gasteiger partial charge on any atom is -0.399 e. The lowest BCUT2D eigenvalue weighted by molar-refractivity contribution is 0.0975. The van der Waals surface area contributed by atoms with Gasteiger partial charge in [0.1, 0.15) is 0 Å². The van der Waals surface area contributed by atoms with Gasteiger partial charge in [0.15, 0.2) is 5.78 Å². The maximum absolute atomic E-state index is 12.1. The number of hydrogen-bond donors (Lipinski definition) is 1. The van der Waals surface area contributed by atoms with E-state index in [4.69, 9.17) is 17.3 Å². The van der Waals surface area contributed by atoms with E-state index in [1.165, 1.54) is 0 Å². The van der Waals surface area contributed by atoms with Crippen LogP contribution in [0.3, 0.4) is 0 Å². The van der Waals surface area contributed by atoms with Crippen LogP contribution < -0.4 is 5.73 Å². The Hall–Kier alpha value is -1.80. The van der Waals surface area contributed by atoms with E-state index in [0.29, 0.717) is 17.0 Å². The Kier molecular flexibility index (Phi) is 4.23. The van der Waals surface area contributed by atoms with Gasteiger partial charge >= 0.3 is 0 Å². The normalized spacial score (nSPS) is 12.1. The number of rotatable bonds is 4. The van der Waals surface area contributed by atoms with Crippen LogP contribution in [-0.2, 0) is 0 Å². The van der Waals surface area contributed by atoms with E-state index in [0.717, 1.165) is 11.3 Å². The zero-order valence-electron chi connectivity index (χ0n) is 10.8. The first-order valence-electron chi connectivity index (χ1n) is 6.20. The van der Waals surface area contributed by atoms with E-state index in [2.05, 4.69) is 0 Å². The van der Waals surface area contributed by atoms with E-state index in [1.54, 1.807) is 24.3 Å². The molecule has 0 amide bonds. The SMILES string of the molecule is CC(CC(=O)c1ccc(Cl)cc1)c1ccc(N)cc1. The predicted octanol–water partition coefficient (Wildman–Crippen LogP) is 4.30. The number of anilines is 1. The topological polar surface area (TPSA) is 43.1 Å². The van der Waals surface area contributed by atoms with Crippen LogP contribution in [-0.4, -0.2) is 5.78 Å².